The Morgan fingerprint density at radius 2 is 0.893 bits per heavy atom. The minimum Gasteiger partial charge on any atom is -0.461 e. The topological polar surface area (TPSA) is 26.3 Å². The van der Waals surface area contributed by atoms with Crippen LogP contribution < -0.4 is 0 Å². The van der Waals surface area contributed by atoms with Crippen molar-refractivity contribution in [3.05, 3.63) is 0 Å². The molecule has 173 valence electrons. The molecule has 1 radical (unpaired) electrons. The monoisotopic (exact) mass is 505 g/mol. The third-order valence-corrected chi connectivity index (χ3v) is 2.86. The van der Waals surface area contributed by atoms with Crippen molar-refractivity contribution in [1.29, 1.82) is 0 Å². The number of halogens is 15. The molecule has 18 heteroatoms. The zero-order valence-electron chi connectivity index (χ0n) is 12.5. The maximum absolute atomic E-state index is 13.1. The van der Waals surface area contributed by atoms with Crippen molar-refractivity contribution in [3.8, 4) is 0 Å². The van der Waals surface area contributed by atoms with Crippen LogP contribution in [-0.4, -0.2) is 54.3 Å². The molecule has 0 heterocycles. The fourth-order valence-electron chi connectivity index (χ4n) is 1.32. The van der Waals surface area contributed by atoms with Crippen LogP contribution in [0, 0.1) is 0 Å². The molecule has 0 saturated heterocycles. The zero-order valence-corrected chi connectivity index (χ0v) is 13.4. The molecule has 0 aliphatic heterocycles. The molecule has 0 aromatic carbocycles. The molecule has 0 amide bonds. The van der Waals surface area contributed by atoms with E-state index in [2.05, 4.69) is 4.74 Å². The van der Waals surface area contributed by atoms with Gasteiger partial charge in [0.05, 0.1) is 6.61 Å². The molecule has 0 aromatic heterocycles. The van der Waals surface area contributed by atoms with Gasteiger partial charge >= 0.3 is 47.7 Å². The number of esters is 1. The van der Waals surface area contributed by atoms with E-state index in [1.807, 2.05) is 0 Å². The summed E-state index contributed by atoms with van der Waals surface area (Å²) in [6.45, 7) is -0.619. The van der Waals surface area contributed by atoms with Gasteiger partial charge in [0, 0.05) is 17.1 Å². The molecule has 0 aliphatic rings. The molecule has 0 N–H and O–H groups in total. The fraction of sp³-hybridized carbons (Fsp3) is 0.900. The maximum atomic E-state index is 13.1. The predicted molar refractivity (Wildman–Crippen MR) is 52.4 cm³/mol. The molecular weight excluding hydrogens is 501 g/mol. The maximum Gasteiger partial charge on any atom is 0.460 e. The summed E-state index contributed by atoms with van der Waals surface area (Å²) in [4.78, 5) is 10.5. The summed E-state index contributed by atoms with van der Waals surface area (Å²) in [6, 6.07) is 0. The largest absolute Gasteiger partial charge is 0.461 e. The first-order valence-corrected chi connectivity index (χ1v) is 5.99. The van der Waals surface area contributed by atoms with Crippen molar-refractivity contribution in [1.82, 2.24) is 0 Å². The van der Waals surface area contributed by atoms with Crippen LogP contribution in [-0.2, 0) is 26.6 Å². The van der Waals surface area contributed by atoms with Crippen LogP contribution in [0.25, 0.3) is 0 Å². The van der Waals surface area contributed by atoms with Crippen molar-refractivity contribution in [2.45, 2.75) is 48.6 Å². The van der Waals surface area contributed by atoms with Gasteiger partial charge in [-0.2, -0.15) is 65.9 Å². The summed E-state index contributed by atoms with van der Waals surface area (Å²) >= 11 is 0. The average Bonchev–Trinajstić information content (AvgIpc) is 2.45. The third kappa shape index (κ3) is 3.73. The van der Waals surface area contributed by atoms with Crippen LogP contribution in [0.4, 0.5) is 65.9 Å². The summed E-state index contributed by atoms with van der Waals surface area (Å²) in [7, 11) is 0. The Balaban J connectivity index is 0. The SMILES string of the molecule is CCOC(=O)C(F)(F)C(F)(F)C(F)(F)C(F)(F)C(F)(F)C(F)(F)C(F)(F)F.[Cu]. The first kappa shape index (κ1) is 29.1. The first-order valence-electron chi connectivity index (χ1n) is 5.99. The van der Waals surface area contributed by atoms with Crippen molar-refractivity contribution in [2.75, 3.05) is 6.61 Å². The zero-order chi connectivity index (χ0) is 22.5. The molecule has 0 atom stereocenters. The summed E-state index contributed by atoms with van der Waals surface area (Å²) in [5.41, 5.74) is 0. The van der Waals surface area contributed by atoms with Gasteiger partial charge in [0.2, 0.25) is 0 Å². The van der Waals surface area contributed by atoms with Crippen LogP contribution in [0.1, 0.15) is 6.92 Å². The minimum atomic E-state index is -8.42. The number of rotatable bonds is 7. The van der Waals surface area contributed by atoms with Gasteiger partial charge in [-0.05, 0) is 6.92 Å². The normalized spacial score (nSPS) is 15.1. The molecule has 0 aromatic rings. The number of alkyl halides is 15. The molecule has 0 saturated carbocycles. The van der Waals surface area contributed by atoms with Crippen molar-refractivity contribution in [2.24, 2.45) is 0 Å². The predicted octanol–water partition coefficient (Wildman–Crippen LogP) is 4.92. The van der Waals surface area contributed by atoms with Crippen molar-refractivity contribution in [3.63, 3.8) is 0 Å². The van der Waals surface area contributed by atoms with Crippen LogP contribution in [0.3, 0.4) is 0 Å². The van der Waals surface area contributed by atoms with E-state index >= 15 is 0 Å². The Kier molecular flexibility index (Phi) is 7.96. The number of carbonyl (C=O) groups excluding carboxylic acids is 1. The third-order valence-electron chi connectivity index (χ3n) is 2.86. The van der Waals surface area contributed by atoms with Crippen LogP contribution in [0.2, 0.25) is 0 Å². The number of hydrogen-bond donors (Lipinski definition) is 0. The Bertz CT molecular complexity index is 568. The van der Waals surface area contributed by atoms with E-state index in [1.165, 1.54) is 0 Å². The van der Waals surface area contributed by atoms with E-state index in [4.69, 9.17) is 0 Å². The molecule has 0 aliphatic carbocycles. The second kappa shape index (κ2) is 7.64. The van der Waals surface area contributed by atoms with Crippen LogP contribution in [0.15, 0.2) is 0 Å². The van der Waals surface area contributed by atoms with Gasteiger partial charge in [0.25, 0.3) is 0 Å². The molecule has 0 unspecified atom stereocenters. The second-order valence-corrected chi connectivity index (χ2v) is 4.66. The molecular formula is C10H5CuF15O2. The van der Waals surface area contributed by atoms with Gasteiger partial charge in [0.15, 0.2) is 0 Å². The van der Waals surface area contributed by atoms with Crippen molar-refractivity contribution < 1.29 is 92.5 Å². The van der Waals surface area contributed by atoms with Gasteiger partial charge in [0.1, 0.15) is 0 Å². The molecule has 0 spiro atoms. The Hall–Kier alpha value is -1.06. The summed E-state index contributed by atoms with van der Waals surface area (Å²) < 4.78 is 194. The molecule has 0 fully saturated rings. The van der Waals surface area contributed by atoms with Crippen LogP contribution >= 0.6 is 0 Å². The average molecular weight is 506 g/mol. The quantitative estimate of drug-likeness (QED) is 0.279. The van der Waals surface area contributed by atoms with Gasteiger partial charge in [-0.3, -0.25) is 0 Å². The number of ether oxygens (including phenoxy) is 1. The molecule has 0 rings (SSSR count). The van der Waals surface area contributed by atoms with Gasteiger partial charge in [-0.1, -0.05) is 0 Å². The van der Waals surface area contributed by atoms with Gasteiger partial charge in [-0.25, -0.2) is 4.79 Å². The summed E-state index contributed by atoms with van der Waals surface area (Å²) in [5, 5.41) is 0. The number of hydrogen-bond acceptors (Lipinski definition) is 2. The van der Waals surface area contributed by atoms with Gasteiger partial charge in [-0.15, -0.1) is 0 Å². The molecule has 2 nitrogen and oxygen atoms in total. The Morgan fingerprint density at radius 3 is 1.18 bits per heavy atom. The van der Waals surface area contributed by atoms with E-state index in [0.29, 0.717) is 6.92 Å². The first-order chi connectivity index (χ1) is 11.5. The van der Waals surface area contributed by atoms with E-state index in [0.717, 1.165) is 0 Å². The Morgan fingerprint density at radius 1 is 0.607 bits per heavy atom. The van der Waals surface area contributed by atoms with Crippen LogP contribution in [0.5, 0.6) is 0 Å². The fourth-order valence-corrected chi connectivity index (χ4v) is 1.32. The van der Waals surface area contributed by atoms with E-state index in [-0.39, 0.29) is 17.1 Å². The summed E-state index contributed by atoms with van der Waals surface area (Å²) in [6.07, 6.45) is -7.67. The summed E-state index contributed by atoms with van der Waals surface area (Å²) in [5.74, 6) is -51.6. The van der Waals surface area contributed by atoms with Crippen molar-refractivity contribution >= 4 is 5.97 Å². The standard InChI is InChI=1S/C10H5F15O2.Cu/c1-2-27-3(26)4(11,12)5(13,14)6(15,16)7(17,18)8(19,20)9(21,22)10(23,24)25;/h2H2,1H3;. The number of carbonyl (C=O) groups is 1. The van der Waals surface area contributed by atoms with E-state index < -0.39 is 54.3 Å². The smallest absolute Gasteiger partial charge is 0.460 e. The Labute approximate surface area is 154 Å². The molecule has 28 heavy (non-hydrogen) atoms. The van der Waals surface area contributed by atoms with E-state index in [1.54, 1.807) is 0 Å². The second-order valence-electron chi connectivity index (χ2n) is 4.66. The molecule has 0 bridgehead atoms. The minimum absolute atomic E-state index is 0. The van der Waals surface area contributed by atoms with E-state index in [9.17, 15) is 70.7 Å². The van der Waals surface area contributed by atoms with Gasteiger partial charge < -0.3 is 4.74 Å².